The summed E-state index contributed by atoms with van der Waals surface area (Å²) in [5.41, 5.74) is 11.9. The van der Waals surface area contributed by atoms with Crippen LogP contribution in [0.15, 0.2) is 54.6 Å². The van der Waals surface area contributed by atoms with E-state index in [0.29, 0.717) is 5.92 Å². The summed E-state index contributed by atoms with van der Waals surface area (Å²) in [5, 5.41) is 0. The molecule has 3 aliphatic rings. The lowest BCUT2D eigenvalue weighted by atomic mass is 9.99. The highest BCUT2D eigenvalue weighted by Gasteiger charge is 2.25. The zero-order chi connectivity index (χ0) is 20.6. The molecule has 0 spiro atoms. The first kappa shape index (κ1) is 18.5. The van der Waals surface area contributed by atoms with Crippen LogP contribution in [-0.2, 0) is 25.7 Å². The Morgan fingerprint density at radius 3 is 1.65 bits per heavy atom. The maximum absolute atomic E-state index is 3.47. The second-order valence-electron chi connectivity index (χ2n) is 9.25. The van der Waals surface area contributed by atoms with Crippen molar-refractivity contribution in [2.45, 2.75) is 57.3 Å². The molecule has 0 atom stereocenters. The molecule has 0 bridgehead atoms. The third-order valence-electron chi connectivity index (χ3n) is 6.96. The standard InChI is InChI=1S/C31H26/c1-3-25-13-9-22(19-29(25)5-1)7-8-24-12-16-27(31(21-24)28-17-18-28)15-11-23-10-14-26-4-2-6-30(26)20-23/h9-10,12-14,16,19-21,28H,1-6,17-18H2. The molecule has 0 nitrogen and oxygen atoms in total. The molecule has 31 heavy (non-hydrogen) atoms. The summed E-state index contributed by atoms with van der Waals surface area (Å²) in [6.07, 6.45) is 9.97. The molecule has 150 valence electrons. The van der Waals surface area contributed by atoms with Gasteiger partial charge in [0.05, 0.1) is 0 Å². The van der Waals surface area contributed by atoms with Gasteiger partial charge in [0.2, 0.25) is 0 Å². The molecular formula is C31H26. The van der Waals surface area contributed by atoms with Gasteiger partial charge in [0.25, 0.3) is 0 Å². The van der Waals surface area contributed by atoms with Gasteiger partial charge in [-0.2, -0.15) is 0 Å². The fraction of sp³-hybridized carbons (Fsp3) is 0.290. The Morgan fingerprint density at radius 2 is 1.03 bits per heavy atom. The van der Waals surface area contributed by atoms with Gasteiger partial charge in [0.1, 0.15) is 0 Å². The van der Waals surface area contributed by atoms with Crippen molar-refractivity contribution in [3.63, 3.8) is 0 Å². The molecule has 0 heteroatoms. The Hall–Kier alpha value is -3.22. The summed E-state index contributed by atoms with van der Waals surface area (Å²) >= 11 is 0. The Balaban J connectivity index is 1.28. The van der Waals surface area contributed by atoms with Crippen LogP contribution in [0.4, 0.5) is 0 Å². The lowest BCUT2D eigenvalue weighted by molar-refractivity contribution is 0.911. The molecule has 0 aromatic heterocycles. The number of rotatable bonds is 1. The lowest BCUT2D eigenvalue weighted by Gasteiger charge is -2.04. The highest BCUT2D eigenvalue weighted by Crippen LogP contribution is 2.41. The quantitative estimate of drug-likeness (QED) is 0.420. The van der Waals surface area contributed by atoms with E-state index in [0.717, 1.165) is 16.7 Å². The minimum Gasteiger partial charge on any atom is -0.0616 e. The number of hydrogen-bond acceptors (Lipinski definition) is 0. The predicted molar refractivity (Wildman–Crippen MR) is 127 cm³/mol. The van der Waals surface area contributed by atoms with Crippen molar-refractivity contribution in [2.75, 3.05) is 0 Å². The van der Waals surface area contributed by atoms with Gasteiger partial charge in [0, 0.05) is 22.3 Å². The minimum atomic E-state index is 0.658. The average molecular weight is 399 g/mol. The van der Waals surface area contributed by atoms with Gasteiger partial charge in [-0.15, -0.1) is 0 Å². The third kappa shape index (κ3) is 3.92. The van der Waals surface area contributed by atoms with E-state index in [-0.39, 0.29) is 0 Å². The first-order valence-electron chi connectivity index (χ1n) is 11.7. The first-order valence-corrected chi connectivity index (χ1v) is 11.7. The summed E-state index contributed by atoms with van der Waals surface area (Å²) in [5.74, 6) is 14.4. The van der Waals surface area contributed by atoms with Gasteiger partial charge < -0.3 is 0 Å². The highest BCUT2D eigenvalue weighted by atomic mass is 14.3. The average Bonchev–Trinajstić information content (AvgIpc) is 3.36. The second kappa shape index (κ2) is 7.80. The van der Waals surface area contributed by atoms with E-state index < -0.39 is 0 Å². The van der Waals surface area contributed by atoms with E-state index in [1.807, 2.05) is 0 Å². The molecule has 0 amide bonds. The van der Waals surface area contributed by atoms with Crippen LogP contribution in [0.3, 0.4) is 0 Å². The molecule has 1 saturated carbocycles. The Kier molecular flexibility index (Phi) is 4.66. The van der Waals surface area contributed by atoms with E-state index in [9.17, 15) is 0 Å². The monoisotopic (exact) mass is 398 g/mol. The van der Waals surface area contributed by atoms with E-state index >= 15 is 0 Å². The largest absolute Gasteiger partial charge is 0.0616 e. The van der Waals surface area contributed by atoms with Crippen LogP contribution in [0.5, 0.6) is 0 Å². The highest BCUT2D eigenvalue weighted by molar-refractivity contribution is 5.54. The molecular weight excluding hydrogens is 372 g/mol. The third-order valence-corrected chi connectivity index (χ3v) is 6.96. The van der Waals surface area contributed by atoms with Crippen molar-refractivity contribution in [3.8, 4) is 23.7 Å². The van der Waals surface area contributed by atoms with E-state index in [1.54, 1.807) is 0 Å². The van der Waals surface area contributed by atoms with E-state index in [2.05, 4.69) is 78.3 Å². The molecule has 0 N–H and O–H groups in total. The van der Waals surface area contributed by atoms with E-state index in [1.165, 1.54) is 84.7 Å². The molecule has 3 aromatic carbocycles. The number of benzene rings is 3. The summed E-state index contributed by atoms with van der Waals surface area (Å²) in [7, 11) is 0. The number of hydrogen-bond donors (Lipinski definition) is 0. The van der Waals surface area contributed by atoms with Crippen LogP contribution in [0.2, 0.25) is 0 Å². The molecule has 0 radical (unpaired) electrons. The van der Waals surface area contributed by atoms with Crippen LogP contribution in [0.25, 0.3) is 0 Å². The van der Waals surface area contributed by atoms with Crippen molar-refractivity contribution >= 4 is 0 Å². The zero-order valence-electron chi connectivity index (χ0n) is 17.9. The first-order chi connectivity index (χ1) is 15.3. The van der Waals surface area contributed by atoms with E-state index in [4.69, 9.17) is 0 Å². The molecule has 0 unspecified atom stereocenters. The second-order valence-corrected chi connectivity index (χ2v) is 9.25. The molecule has 0 heterocycles. The normalized spacial score (nSPS) is 16.0. The minimum absolute atomic E-state index is 0.658. The molecule has 3 aliphatic carbocycles. The Morgan fingerprint density at radius 1 is 0.516 bits per heavy atom. The maximum Gasteiger partial charge on any atom is 0.0284 e. The Labute approximate surface area is 185 Å². The van der Waals surface area contributed by atoms with Crippen LogP contribution >= 0.6 is 0 Å². The smallest absolute Gasteiger partial charge is 0.0284 e. The van der Waals surface area contributed by atoms with Gasteiger partial charge in [-0.3, -0.25) is 0 Å². The fourth-order valence-electron chi connectivity index (χ4n) is 5.07. The van der Waals surface area contributed by atoms with Gasteiger partial charge in [0.15, 0.2) is 0 Å². The molecule has 0 aliphatic heterocycles. The van der Waals surface area contributed by atoms with Gasteiger partial charge in [-0.25, -0.2) is 0 Å². The van der Waals surface area contributed by atoms with Gasteiger partial charge >= 0.3 is 0 Å². The zero-order valence-corrected chi connectivity index (χ0v) is 17.9. The van der Waals surface area contributed by atoms with Crippen molar-refractivity contribution in [3.05, 3.63) is 105 Å². The summed E-state index contributed by atoms with van der Waals surface area (Å²) in [4.78, 5) is 0. The van der Waals surface area contributed by atoms with Crippen molar-refractivity contribution in [1.29, 1.82) is 0 Å². The van der Waals surface area contributed by atoms with Gasteiger partial charge in [-0.05, 0) is 128 Å². The maximum atomic E-state index is 3.47. The number of aryl methyl sites for hydroxylation is 4. The molecule has 1 fully saturated rings. The van der Waals surface area contributed by atoms with Crippen molar-refractivity contribution in [1.82, 2.24) is 0 Å². The number of fused-ring (bicyclic) bond motifs is 2. The molecule has 0 saturated heterocycles. The summed E-state index contributed by atoms with van der Waals surface area (Å²) in [6.45, 7) is 0. The van der Waals surface area contributed by atoms with Crippen LogP contribution < -0.4 is 0 Å². The van der Waals surface area contributed by atoms with Crippen LogP contribution in [-0.4, -0.2) is 0 Å². The predicted octanol–water partition coefficient (Wildman–Crippen LogP) is 6.34. The fourth-order valence-corrected chi connectivity index (χ4v) is 5.07. The van der Waals surface area contributed by atoms with Crippen molar-refractivity contribution < 1.29 is 0 Å². The van der Waals surface area contributed by atoms with Crippen LogP contribution in [0, 0.1) is 23.7 Å². The summed E-state index contributed by atoms with van der Waals surface area (Å²) in [6, 6.07) is 20.1. The molecule has 3 aromatic rings. The topological polar surface area (TPSA) is 0 Å². The molecule has 6 rings (SSSR count). The van der Waals surface area contributed by atoms with Crippen LogP contribution in [0.1, 0.15) is 81.7 Å². The lowest BCUT2D eigenvalue weighted by Crippen LogP contribution is -1.90. The SMILES string of the molecule is C(#Cc1ccc(C#Cc2ccc3c(c2)CCC3)c(C2CC2)c1)c1ccc2c(c1)CCC2. The van der Waals surface area contributed by atoms with Crippen molar-refractivity contribution in [2.24, 2.45) is 0 Å². The summed E-state index contributed by atoms with van der Waals surface area (Å²) < 4.78 is 0. The van der Waals surface area contributed by atoms with Gasteiger partial charge in [-0.1, -0.05) is 35.8 Å². The Bertz CT molecular complexity index is 1300.